The monoisotopic (exact) mass is 248 g/mol. The van der Waals surface area contributed by atoms with Crippen LogP contribution in [0.25, 0.3) is 0 Å². The number of halogens is 2. The molecule has 1 heterocycles. The molecule has 0 radical (unpaired) electrons. The Labute approximate surface area is 105 Å². The molecule has 0 aliphatic heterocycles. The smallest absolute Gasteiger partial charge is 0.146 e. The molecule has 0 amide bonds. The number of likely N-dealkylation sites (N-methyl/N-ethyl adjacent to an activating group) is 1. The minimum atomic E-state index is -0.381. The highest BCUT2D eigenvalue weighted by molar-refractivity contribution is 5.21. The average molecular weight is 248 g/mol. The van der Waals surface area contributed by atoms with Crippen molar-refractivity contribution in [2.45, 2.75) is 12.5 Å². The van der Waals surface area contributed by atoms with E-state index >= 15 is 0 Å². The van der Waals surface area contributed by atoms with Gasteiger partial charge in [0.05, 0.1) is 11.7 Å². The number of hydrogen-bond acceptors (Lipinski definition) is 2. The van der Waals surface area contributed by atoms with Crippen molar-refractivity contribution in [1.29, 1.82) is 0 Å². The summed E-state index contributed by atoms with van der Waals surface area (Å²) >= 11 is 0. The van der Waals surface area contributed by atoms with Crippen LogP contribution in [-0.2, 0) is 6.42 Å². The van der Waals surface area contributed by atoms with Crippen molar-refractivity contribution in [1.82, 2.24) is 10.3 Å². The second-order valence-corrected chi connectivity index (χ2v) is 4.01. The first-order valence-corrected chi connectivity index (χ1v) is 5.73. The van der Waals surface area contributed by atoms with Crippen LogP contribution in [0.2, 0.25) is 0 Å². The topological polar surface area (TPSA) is 24.9 Å². The van der Waals surface area contributed by atoms with Crippen molar-refractivity contribution in [3.63, 3.8) is 0 Å². The molecule has 0 spiro atoms. The van der Waals surface area contributed by atoms with E-state index in [2.05, 4.69) is 10.3 Å². The van der Waals surface area contributed by atoms with Gasteiger partial charge < -0.3 is 5.32 Å². The fraction of sp³-hybridized carbons (Fsp3) is 0.214. The van der Waals surface area contributed by atoms with Crippen LogP contribution in [0.1, 0.15) is 17.3 Å². The quantitative estimate of drug-likeness (QED) is 0.900. The van der Waals surface area contributed by atoms with Crippen LogP contribution in [0, 0.1) is 11.6 Å². The number of pyridine rings is 1. The number of nitrogens with one attached hydrogen (secondary N) is 1. The van der Waals surface area contributed by atoms with Crippen molar-refractivity contribution in [2.75, 3.05) is 7.05 Å². The van der Waals surface area contributed by atoms with Gasteiger partial charge >= 0.3 is 0 Å². The maximum atomic E-state index is 13.6. The first kappa shape index (κ1) is 12.6. The average Bonchev–Trinajstić information content (AvgIpc) is 2.39. The van der Waals surface area contributed by atoms with Crippen molar-refractivity contribution >= 4 is 0 Å². The minimum absolute atomic E-state index is 0.283. The first-order valence-electron chi connectivity index (χ1n) is 5.73. The zero-order valence-corrected chi connectivity index (χ0v) is 10.0. The zero-order valence-electron chi connectivity index (χ0n) is 10.0. The molecule has 94 valence electrons. The highest BCUT2D eigenvalue weighted by Gasteiger charge is 2.17. The predicted molar refractivity (Wildman–Crippen MR) is 66.1 cm³/mol. The summed E-state index contributed by atoms with van der Waals surface area (Å²) in [4.78, 5) is 4.02. The fourth-order valence-electron chi connectivity index (χ4n) is 1.87. The van der Waals surface area contributed by atoms with Crippen LogP contribution in [0.5, 0.6) is 0 Å². The molecule has 1 aromatic heterocycles. The van der Waals surface area contributed by atoms with Crippen LogP contribution in [0.4, 0.5) is 8.78 Å². The summed E-state index contributed by atoms with van der Waals surface area (Å²) in [5.41, 5.74) is 0.852. The normalized spacial score (nSPS) is 12.4. The molecule has 0 saturated carbocycles. The molecule has 4 heteroatoms. The Bertz CT molecular complexity index is 529. The molecule has 1 atom stereocenters. The molecule has 0 bridgehead atoms. The lowest BCUT2D eigenvalue weighted by Gasteiger charge is -2.16. The molecule has 1 aromatic carbocycles. The summed E-state index contributed by atoms with van der Waals surface area (Å²) in [5, 5.41) is 2.97. The van der Waals surface area contributed by atoms with Gasteiger partial charge in [0.25, 0.3) is 0 Å². The molecule has 0 fully saturated rings. The van der Waals surface area contributed by atoms with E-state index in [1.807, 2.05) is 0 Å². The highest BCUT2D eigenvalue weighted by Crippen LogP contribution is 2.20. The van der Waals surface area contributed by atoms with Gasteiger partial charge in [-0.15, -0.1) is 0 Å². The van der Waals surface area contributed by atoms with Gasteiger partial charge in [0.1, 0.15) is 11.6 Å². The summed E-state index contributed by atoms with van der Waals surface area (Å²) in [6.07, 6.45) is 1.89. The molecule has 1 N–H and O–H groups in total. The molecular weight excluding hydrogens is 234 g/mol. The van der Waals surface area contributed by atoms with Gasteiger partial charge in [0, 0.05) is 6.20 Å². The predicted octanol–water partition coefficient (Wildman–Crippen LogP) is 2.86. The Morgan fingerprint density at radius 2 is 1.83 bits per heavy atom. The van der Waals surface area contributed by atoms with E-state index in [-0.39, 0.29) is 17.7 Å². The standard InChI is InChI=1S/C14H14F2N2/c1-17-13(14-12(16)7-4-8-18-14)9-10-5-2-3-6-11(10)15/h2-8,13,17H,9H2,1H3. The SMILES string of the molecule is CNC(Cc1ccccc1F)c1ncccc1F. The number of benzene rings is 1. The van der Waals surface area contributed by atoms with Crippen LogP contribution in [0.15, 0.2) is 42.6 Å². The van der Waals surface area contributed by atoms with Crippen LogP contribution >= 0.6 is 0 Å². The maximum Gasteiger partial charge on any atom is 0.146 e. The molecule has 2 nitrogen and oxygen atoms in total. The summed E-state index contributed by atoms with van der Waals surface area (Å²) in [7, 11) is 1.71. The van der Waals surface area contributed by atoms with Crippen molar-refractivity contribution in [3.8, 4) is 0 Å². The van der Waals surface area contributed by atoms with E-state index < -0.39 is 0 Å². The second-order valence-electron chi connectivity index (χ2n) is 4.01. The van der Waals surface area contributed by atoms with E-state index in [0.717, 1.165) is 0 Å². The summed E-state index contributed by atoms with van der Waals surface area (Å²) in [6.45, 7) is 0. The van der Waals surface area contributed by atoms with E-state index in [4.69, 9.17) is 0 Å². The number of aromatic nitrogens is 1. The van der Waals surface area contributed by atoms with Gasteiger partial charge in [-0.3, -0.25) is 4.98 Å². The third-order valence-corrected chi connectivity index (χ3v) is 2.85. The molecule has 0 aliphatic carbocycles. The van der Waals surface area contributed by atoms with Gasteiger partial charge in [0.2, 0.25) is 0 Å². The lowest BCUT2D eigenvalue weighted by Crippen LogP contribution is -2.21. The van der Waals surface area contributed by atoms with E-state index in [0.29, 0.717) is 17.7 Å². The van der Waals surface area contributed by atoms with Crippen molar-refractivity contribution in [3.05, 3.63) is 65.5 Å². The van der Waals surface area contributed by atoms with Gasteiger partial charge in [-0.25, -0.2) is 8.78 Å². The molecule has 18 heavy (non-hydrogen) atoms. The first-order chi connectivity index (χ1) is 8.72. The lowest BCUT2D eigenvalue weighted by atomic mass is 10.0. The van der Waals surface area contributed by atoms with Crippen molar-refractivity contribution < 1.29 is 8.78 Å². The molecular formula is C14H14F2N2. The third kappa shape index (κ3) is 2.71. The Balaban J connectivity index is 2.26. The Morgan fingerprint density at radius 3 is 2.50 bits per heavy atom. The summed E-state index contributed by atoms with van der Waals surface area (Å²) < 4.78 is 27.2. The maximum absolute atomic E-state index is 13.6. The third-order valence-electron chi connectivity index (χ3n) is 2.85. The van der Waals surface area contributed by atoms with Crippen LogP contribution in [-0.4, -0.2) is 12.0 Å². The van der Waals surface area contributed by atoms with E-state index in [1.165, 1.54) is 24.4 Å². The van der Waals surface area contributed by atoms with E-state index in [1.54, 1.807) is 25.2 Å². The van der Waals surface area contributed by atoms with Crippen LogP contribution < -0.4 is 5.32 Å². The fourth-order valence-corrected chi connectivity index (χ4v) is 1.87. The number of nitrogens with zero attached hydrogens (tertiary/aromatic N) is 1. The Morgan fingerprint density at radius 1 is 1.11 bits per heavy atom. The molecule has 0 aliphatic rings. The minimum Gasteiger partial charge on any atom is -0.311 e. The Kier molecular flexibility index (Phi) is 3.99. The second kappa shape index (κ2) is 5.69. The number of rotatable bonds is 4. The molecule has 0 saturated heterocycles. The number of hydrogen-bond donors (Lipinski definition) is 1. The highest BCUT2D eigenvalue weighted by atomic mass is 19.1. The lowest BCUT2D eigenvalue weighted by molar-refractivity contribution is 0.505. The van der Waals surface area contributed by atoms with Crippen molar-refractivity contribution in [2.24, 2.45) is 0 Å². The van der Waals surface area contributed by atoms with Gasteiger partial charge in [-0.05, 0) is 37.2 Å². The van der Waals surface area contributed by atoms with Gasteiger partial charge in [-0.1, -0.05) is 18.2 Å². The largest absolute Gasteiger partial charge is 0.311 e. The molecule has 2 aromatic rings. The van der Waals surface area contributed by atoms with Gasteiger partial charge in [0.15, 0.2) is 0 Å². The summed E-state index contributed by atoms with van der Waals surface area (Å²) in [5.74, 6) is -0.665. The molecule has 1 unspecified atom stereocenters. The summed E-state index contributed by atoms with van der Waals surface area (Å²) in [6, 6.07) is 9.04. The Hall–Kier alpha value is -1.81. The van der Waals surface area contributed by atoms with Gasteiger partial charge in [-0.2, -0.15) is 0 Å². The van der Waals surface area contributed by atoms with Crippen LogP contribution in [0.3, 0.4) is 0 Å². The van der Waals surface area contributed by atoms with E-state index in [9.17, 15) is 8.78 Å². The zero-order chi connectivity index (χ0) is 13.0. The molecule has 2 rings (SSSR count).